The molecule has 1 amide bonds. The molecule has 1 heterocycles. The van der Waals surface area contributed by atoms with Gasteiger partial charge in [0, 0.05) is 17.2 Å². The number of rotatable bonds is 6. The Labute approximate surface area is 152 Å². The minimum absolute atomic E-state index is 0.269. The van der Waals surface area contributed by atoms with Crippen molar-refractivity contribution in [3.05, 3.63) is 47.5 Å². The summed E-state index contributed by atoms with van der Waals surface area (Å²) in [6, 6.07) is 10.3. The SMILES string of the molecule is CCC[C@@H](O)c1cc2c(cc1NC(=O)c1ccc(OC)cc1)OCCO2. The normalized spacial score (nSPS) is 13.8. The summed E-state index contributed by atoms with van der Waals surface area (Å²) in [5, 5.41) is 13.4. The van der Waals surface area contributed by atoms with Crippen molar-refractivity contribution >= 4 is 11.6 Å². The van der Waals surface area contributed by atoms with E-state index < -0.39 is 6.10 Å². The molecular formula is C20H23NO5. The summed E-state index contributed by atoms with van der Waals surface area (Å²) >= 11 is 0. The molecule has 138 valence electrons. The Bertz CT molecular complexity index is 773. The van der Waals surface area contributed by atoms with Crippen LogP contribution < -0.4 is 19.5 Å². The number of hydrogen-bond donors (Lipinski definition) is 2. The number of hydrogen-bond acceptors (Lipinski definition) is 5. The molecule has 0 bridgehead atoms. The van der Waals surface area contributed by atoms with E-state index in [-0.39, 0.29) is 5.91 Å². The predicted molar refractivity (Wildman–Crippen MR) is 98.2 cm³/mol. The highest BCUT2D eigenvalue weighted by Gasteiger charge is 2.21. The third kappa shape index (κ3) is 3.91. The first-order valence-corrected chi connectivity index (χ1v) is 8.69. The topological polar surface area (TPSA) is 77.0 Å². The molecule has 2 aromatic carbocycles. The fourth-order valence-corrected chi connectivity index (χ4v) is 2.85. The number of anilines is 1. The molecule has 2 aromatic rings. The van der Waals surface area contributed by atoms with Gasteiger partial charge in [-0.15, -0.1) is 0 Å². The van der Waals surface area contributed by atoms with Gasteiger partial charge in [-0.3, -0.25) is 4.79 Å². The smallest absolute Gasteiger partial charge is 0.255 e. The summed E-state index contributed by atoms with van der Waals surface area (Å²) in [5.41, 5.74) is 1.64. The van der Waals surface area contributed by atoms with Crippen molar-refractivity contribution in [3.8, 4) is 17.2 Å². The number of ether oxygens (including phenoxy) is 3. The van der Waals surface area contributed by atoms with Gasteiger partial charge in [-0.05, 0) is 36.8 Å². The largest absolute Gasteiger partial charge is 0.497 e. The second kappa shape index (κ2) is 8.10. The van der Waals surface area contributed by atoms with Crippen LogP contribution in [0.15, 0.2) is 36.4 Å². The van der Waals surface area contributed by atoms with Crippen LogP contribution in [0.25, 0.3) is 0 Å². The number of fused-ring (bicyclic) bond motifs is 1. The second-order valence-electron chi connectivity index (χ2n) is 6.07. The van der Waals surface area contributed by atoms with Crippen molar-refractivity contribution in [1.29, 1.82) is 0 Å². The van der Waals surface area contributed by atoms with Crippen molar-refractivity contribution in [3.63, 3.8) is 0 Å². The molecule has 0 saturated heterocycles. The van der Waals surface area contributed by atoms with Crippen LogP contribution in [0.5, 0.6) is 17.2 Å². The van der Waals surface area contributed by atoms with Crippen molar-refractivity contribution in [2.45, 2.75) is 25.9 Å². The third-order valence-electron chi connectivity index (χ3n) is 4.24. The number of amides is 1. The van der Waals surface area contributed by atoms with Crippen LogP contribution in [0, 0.1) is 0 Å². The lowest BCUT2D eigenvalue weighted by atomic mass is 10.0. The lowest BCUT2D eigenvalue weighted by Gasteiger charge is -2.23. The van der Waals surface area contributed by atoms with E-state index in [1.165, 1.54) is 0 Å². The monoisotopic (exact) mass is 357 g/mol. The summed E-state index contributed by atoms with van der Waals surface area (Å²) in [6.07, 6.45) is 0.717. The van der Waals surface area contributed by atoms with Crippen LogP contribution in [0.4, 0.5) is 5.69 Å². The summed E-state index contributed by atoms with van der Waals surface area (Å²) < 4.78 is 16.3. The van der Waals surface area contributed by atoms with Gasteiger partial charge in [-0.2, -0.15) is 0 Å². The Hall–Kier alpha value is -2.73. The minimum atomic E-state index is -0.693. The zero-order valence-corrected chi connectivity index (χ0v) is 15.0. The molecule has 0 aliphatic carbocycles. The highest BCUT2D eigenvalue weighted by molar-refractivity contribution is 6.05. The fourth-order valence-electron chi connectivity index (χ4n) is 2.85. The fraction of sp³-hybridized carbons (Fsp3) is 0.350. The van der Waals surface area contributed by atoms with E-state index in [9.17, 15) is 9.90 Å². The summed E-state index contributed by atoms with van der Waals surface area (Å²) in [6.45, 7) is 2.92. The van der Waals surface area contributed by atoms with Crippen molar-refractivity contribution in [2.24, 2.45) is 0 Å². The zero-order chi connectivity index (χ0) is 18.5. The molecule has 3 rings (SSSR count). The van der Waals surface area contributed by atoms with E-state index in [4.69, 9.17) is 14.2 Å². The molecular weight excluding hydrogens is 334 g/mol. The standard InChI is InChI=1S/C20H23NO5/c1-3-4-17(22)15-11-18-19(26-10-9-25-18)12-16(15)21-20(23)13-5-7-14(24-2)8-6-13/h5-8,11-12,17,22H,3-4,9-10H2,1-2H3,(H,21,23)/t17-/m1/s1. The average molecular weight is 357 g/mol. The van der Waals surface area contributed by atoms with E-state index in [1.54, 1.807) is 43.5 Å². The van der Waals surface area contributed by atoms with Gasteiger partial charge in [-0.25, -0.2) is 0 Å². The molecule has 0 fully saturated rings. The van der Waals surface area contributed by atoms with E-state index in [0.717, 1.165) is 6.42 Å². The Balaban J connectivity index is 1.89. The van der Waals surface area contributed by atoms with Gasteiger partial charge in [0.25, 0.3) is 5.91 Å². The Morgan fingerprint density at radius 1 is 1.19 bits per heavy atom. The number of carbonyl (C=O) groups is 1. The summed E-state index contributed by atoms with van der Waals surface area (Å²) in [5.74, 6) is 1.56. The Kier molecular flexibility index (Phi) is 5.63. The van der Waals surface area contributed by atoms with Crippen LogP contribution in [0.3, 0.4) is 0 Å². The molecule has 2 N–H and O–H groups in total. The van der Waals surface area contributed by atoms with E-state index in [2.05, 4.69) is 5.32 Å². The van der Waals surface area contributed by atoms with Crippen LogP contribution in [-0.2, 0) is 0 Å². The molecule has 6 nitrogen and oxygen atoms in total. The lowest BCUT2D eigenvalue weighted by molar-refractivity contribution is 0.102. The van der Waals surface area contributed by atoms with Crippen LogP contribution in [0.1, 0.15) is 41.8 Å². The quantitative estimate of drug-likeness (QED) is 0.827. The Morgan fingerprint density at radius 3 is 2.46 bits per heavy atom. The minimum Gasteiger partial charge on any atom is -0.497 e. The van der Waals surface area contributed by atoms with Crippen LogP contribution in [-0.4, -0.2) is 31.3 Å². The highest BCUT2D eigenvalue weighted by atomic mass is 16.6. The van der Waals surface area contributed by atoms with E-state index in [0.29, 0.717) is 53.7 Å². The van der Waals surface area contributed by atoms with Gasteiger partial charge >= 0.3 is 0 Å². The maximum Gasteiger partial charge on any atom is 0.255 e. The van der Waals surface area contributed by atoms with Gasteiger partial charge in [0.1, 0.15) is 19.0 Å². The number of aliphatic hydroxyl groups excluding tert-OH is 1. The molecule has 1 aliphatic heterocycles. The molecule has 1 atom stereocenters. The molecule has 0 spiro atoms. The first kappa shape index (κ1) is 18.1. The van der Waals surface area contributed by atoms with Gasteiger partial charge in [0.05, 0.1) is 18.9 Å². The van der Waals surface area contributed by atoms with Gasteiger partial charge in [0.15, 0.2) is 11.5 Å². The van der Waals surface area contributed by atoms with Crippen LogP contribution >= 0.6 is 0 Å². The van der Waals surface area contributed by atoms with Crippen molar-refractivity contribution < 1.29 is 24.1 Å². The first-order chi connectivity index (χ1) is 12.6. The number of aliphatic hydroxyl groups is 1. The number of carbonyl (C=O) groups excluding carboxylic acids is 1. The number of benzene rings is 2. The molecule has 6 heteroatoms. The van der Waals surface area contributed by atoms with Gasteiger partial charge < -0.3 is 24.6 Å². The number of nitrogens with one attached hydrogen (secondary N) is 1. The first-order valence-electron chi connectivity index (χ1n) is 8.69. The summed E-state index contributed by atoms with van der Waals surface area (Å²) in [4.78, 5) is 12.6. The molecule has 0 radical (unpaired) electrons. The third-order valence-corrected chi connectivity index (χ3v) is 4.24. The second-order valence-corrected chi connectivity index (χ2v) is 6.07. The van der Waals surface area contributed by atoms with E-state index in [1.807, 2.05) is 6.92 Å². The molecule has 0 saturated carbocycles. The average Bonchev–Trinajstić information content (AvgIpc) is 2.67. The van der Waals surface area contributed by atoms with Crippen molar-refractivity contribution in [1.82, 2.24) is 0 Å². The van der Waals surface area contributed by atoms with E-state index >= 15 is 0 Å². The number of methoxy groups -OCH3 is 1. The predicted octanol–water partition coefficient (Wildman–Crippen LogP) is 3.55. The molecule has 0 aromatic heterocycles. The van der Waals surface area contributed by atoms with Gasteiger partial charge in [-0.1, -0.05) is 13.3 Å². The van der Waals surface area contributed by atoms with Gasteiger partial charge in [0.2, 0.25) is 0 Å². The summed E-state index contributed by atoms with van der Waals surface area (Å²) in [7, 11) is 1.58. The maximum absolute atomic E-state index is 12.6. The molecule has 26 heavy (non-hydrogen) atoms. The zero-order valence-electron chi connectivity index (χ0n) is 15.0. The molecule has 1 aliphatic rings. The highest BCUT2D eigenvalue weighted by Crippen LogP contribution is 2.39. The molecule has 0 unspecified atom stereocenters. The Morgan fingerprint density at radius 2 is 1.85 bits per heavy atom. The lowest BCUT2D eigenvalue weighted by Crippen LogP contribution is -2.18. The van der Waals surface area contributed by atoms with Crippen LogP contribution in [0.2, 0.25) is 0 Å². The maximum atomic E-state index is 12.6. The van der Waals surface area contributed by atoms with Crippen molar-refractivity contribution in [2.75, 3.05) is 25.6 Å².